The molecule has 0 aromatic heterocycles. The summed E-state index contributed by atoms with van der Waals surface area (Å²) in [4.78, 5) is 2.35. The number of hydrogen-bond donors (Lipinski definition) is 0. The highest BCUT2D eigenvalue weighted by molar-refractivity contribution is 7.05. The molecular formula is C45H34BN2P. The predicted octanol–water partition coefficient (Wildman–Crippen LogP) is 12.7. The van der Waals surface area contributed by atoms with E-state index in [-0.39, 0.29) is 5.92 Å². The van der Waals surface area contributed by atoms with Gasteiger partial charge in [-0.3, -0.25) is 0 Å². The Bertz CT molecular complexity index is 2130. The zero-order valence-corrected chi connectivity index (χ0v) is 28.0. The summed E-state index contributed by atoms with van der Waals surface area (Å²) in [5.41, 5.74) is 9.75. The van der Waals surface area contributed by atoms with Gasteiger partial charge in [-0.1, -0.05) is 164 Å². The van der Waals surface area contributed by atoms with Crippen LogP contribution in [0.5, 0.6) is 0 Å². The molecule has 49 heavy (non-hydrogen) atoms. The molecule has 8 aromatic rings. The number of benzene rings is 8. The van der Waals surface area contributed by atoms with Gasteiger partial charge in [-0.05, 0) is 83.3 Å². The van der Waals surface area contributed by atoms with Gasteiger partial charge in [0.15, 0.2) is 0 Å². The van der Waals surface area contributed by atoms with Gasteiger partial charge in [0.25, 0.3) is 7.98 Å². The van der Waals surface area contributed by atoms with Gasteiger partial charge in [0.1, 0.15) is 0 Å². The van der Waals surface area contributed by atoms with Crippen molar-refractivity contribution in [2.45, 2.75) is 5.92 Å². The van der Waals surface area contributed by atoms with E-state index in [0.717, 1.165) is 11.4 Å². The van der Waals surface area contributed by atoms with E-state index < -0.39 is 0 Å². The van der Waals surface area contributed by atoms with Crippen LogP contribution in [-0.4, -0.2) is 7.98 Å². The number of nitrogens with zero attached hydrogens (tertiary/aromatic N) is 2. The second-order valence-electron chi connectivity index (χ2n) is 11.9. The van der Waals surface area contributed by atoms with Gasteiger partial charge in [0, 0.05) is 22.7 Å². The van der Waals surface area contributed by atoms with E-state index in [1.807, 2.05) is 0 Å². The summed E-state index contributed by atoms with van der Waals surface area (Å²) in [5, 5.41) is 5.03. The van der Waals surface area contributed by atoms with Crippen LogP contribution in [0.1, 0.15) is 22.6 Å². The normalized spacial score (nSPS) is 11.3. The standard InChI is InChI=1S/C45H33N.BHNP/c1-3-15-37(16-4-1)45(43-23-11-17-35-13-7-9-21-41(35)43)38-27-25-33(26-28-38)34-29-31-40(32-30-34)46(39-19-5-2-6-20-39)44-24-12-18-36-14-8-10-22-42(36)44;1-2-3/h1-32,45H;3H. The van der Waals surface area contributed by atoms with Gasteiger partial charge in [0.05, 0.1) is 5.69 Å². The molecule has 0 fully saturated rings. The average molecular weight is 645 g/mol. The lowest BCUT2D eigenvalue weighted by molar-refractivity contribution is 0.989. The van der Waals surface area contributed by atoms with E-state index in [1.165, 1.54) is 55.0 Å². The zero-order chi connectivity index (χ0) is 33.4. The van der Waals surface area contributed by atoms with Gasteiger partial charge in [-0.15, -0.1) is 0 Å². The van der Waals surface area contributed by atoms with Gasteiger partial charge in [-0.2, -0.15) is 0 Å². The van der Waals surface area contributed by atoms with Gasteiger partial charge in [-0.25, -0.2) is 0 Å². The lowest BCUT2D eigenvalue weighted by Gasteiger charge is -2.27. The third kappa shape index (κ3) is 6.81. The molecule has 0 amide bonds. The summed E-state index contributed by atoms with van der Waals surface area (Å²) in [6.07, 6.45) is 0. The van der Waals surface area contributed by atoms with Gasteiger partial charge in [0.2, 0.25) is 0 Å². The van der Waals surface area contributed by atoms with Crippen LogP contribution in [0.2, 0.25) is 0 Å². The second-order valence-corrected chi connectivity index (χ2v) is 12.1. The van der Waals surface area contributed by atoms with E-state index in [2.05, 4.69) is 221 Å². The summed E-state index contributed by atoms with van der Waals surface area (Å²) in [7, 11) is 6.97. The molecule has 0 aliphatic carbocycles. The van der Waals surface area contributed by atoms with E-state index in [0.29, 0.717) is 0 Å². The first-order chi connectivity index (χ1) is 24.2. The molecule has 0 spiro atoms. The molecule has 0 saturated carbocycles. The molecule has 4 heteroatoms. The van der Waals surface area contributed by atoms with E-state index >= 15 is 0 Å². The number of rotatable bonds is 7. The van der Waals surface area contributed by atoms with Crippen LogP contribution in [0.3, 0.4) is 0 Å². The molecule has 0 heterocycles. The fourth-order valence-electron chi connectivity index (χ4n) is 6.78. The van der Waals surface area contributed by atoms with Crippen molar-refractivity contribution in [1.29, 1.82) is 0 Å². The molecule has 232 valence electrons. The minimum atomic E-state index is 0.142. The molecule has 0 aliphatic heterocycles. The van der Waals surface area contributed by atoms with Crippen LogP contribution in [0, 0.1) is 0 Å². The van der Waals surface area contributed by atoms with Crippen LogP contribution in [0.15, 0.2) is 199 Å². The first-order valence-corrected chi connectivity index (χ1v) is 16.8. The molecular weight excluding hydrogens is 610 g/mol. The fraction of sp³-hybridized carbons (Fsp3) is 0.0222. The Labute approximate surface area is 292 Å². The summed E-state index contributed by atoms with van der Waals surface area (Å²) in [6, 6.07) is 70.1. The monoisotopic (exact) mass is 644 g/mol. The van der Waals surface area contributed by atoms with Crippen LogP contribution in [-0.2, 0) is 0 Å². The van der Waals surface area contributed by atoms with Crippen molar-refractivity contribution in [3.05, 3.63) is 211 Å². The molecule has 8 rings (SSSR count). The molecule has 0 saturated heterocycles. The first kappa shape index (κ1) is 31.8. The minimum absolute atomic E-state index is 0.142. The Kier molecular flexibility index (Phi) is 9.73. The molecule has 8 aromatic carbocycles. The van der Waals surface area contributed by atoms with Gasteiger partial charge < -0.3 is 9.56 Å². The SMILES string of the molecule is [B]N=P.c1ccc(C(c2ccc(-c3ccc(N(c4ccccc4)c4cccc5ccccc45)cc3)cc2)c2cccc3ccccc23)cc1. The Morgan fingerprint density at radius 3 is 1.53 bits per heavy atom. The largest absolute Gasteiger partial charge is 0.344 e. The van der Waals surface area contributed by atoms with E-state index in [9.17, 15) is 0 Å². The molecule has 2 nitrogen and oxygen atoms in total. The number of fused-ring (bicyclic) bond motifs is 2. The Morgan fingerprint density at radius 1 is 0.429 bits per heavy atom. The van der Waals surface area contributed by atoms with Crippen molar-refractivity contribution >= 4 is 55.6 Å². The topological polar surface area (TPSA) is 15.6 Å². The third-order valence-corrected chi connectivity index (χ3v) is 8.99. The Balaban J connectivity index is 0.00000122. The van der Waals surface area contributed by atoms with Crippen molar-refractivity contribution in [3.8, 4) is 11.1 Å². The molecule has 2 radical (unpaired) electrons. The van der Waals surface area contributed by atoms with Crippen molar-refractivity contribution in [3.63, 3.8) is 0 Å². The molecule has 1 atom stereocenters. The second kappa shape index (κ2) is 15.0. The lowest BCUT2D eigenvalue weighted by atomic mass is 9.82. The Morgan fingerprint density at radius 2 is 0.878 bits per heavy atom. The van der Waals surface area contributed by atoms with Crippen LogP contribution >= 0.6 is 9.03 Å². The number of para-hydroxylation sites is 1. The van der Waals surface area contributed by atoms with Crippen LogP contribution in [0.4, 0.5) is 17.1 Å². The quantitative estimate of drug-likeness (QED) is 0.0958. The summed E-state index contributed by atoms with van der Waals surface area (Å²) < 4.78 is 2.81. The van der Waals surface area contributed by atoms with Crippen LogP contribution in [0.25, 0.3) is 32.7 Å². The fourth-order valence-corrected chi connectivity index (χ4v) is 6.78. The highest BCUT2D eigenvalue weighted by Crippen LogP contribution is 2.40. The van der Waals surface area contributed by atoms with Gasteiger partial charge >= 0.3 is 0 Å². The lowest BCUT2D eigenvalue weighted by Crippen LogP contribution is -2.10. The Hall–Kier alpha value is -5.76. The average Bonchev–Trinajstić information content (AvgIpc) is 3.17. The third-order valence-electron chi connectivity index (χ3n) is 8.99. The number of hydrogen-bond acceptors (Lipinski definition) is 2. The smallest absolute Gasteiger partial charge is 0.265 e. The van der Waals surface area contributed by atoms with Crippen molar-refractivity contribution in [2.75, 3.05) is 4.90 Å². The maximum absolute atomic E-state index is 4.39. The zero-order valence-electron chi connectivity index (χ0n) is 27.0. The van der Waals surface area contributed by atoms with E-state index in [1.54, 1.807) is 0 Å². The van der Waals surface area contributed by atoms with Crippen molar-refractivity contribution in [2.24, 2.45) is 4.66 Å². The highest BCUT2D eigenvalue weighted by atomic mass is 31.0. The van der Waals surface area contributed by atoms with Crippen molar-refractivity contribution < 1.29 is 0 Å². The molecule has 0 bridgehead atoms. The molecule has 0 aliphatic rings. The maximum Gasteiger partial charge on any atom is 0.265 e. The summed E-state index contributed by atoms with van der Waals surface area (Å²) in [6.45, 7) is 0. The predicted molar refractivity (Wildman–Crippen MR) is 212 cm³/mol. The summed E-state index contributed by atoms with van der Waals surface area (Å²) >= 11 is 0. The molecule has 0 N–H and O–H groups in total. The van der Waals surface area contributed by atoms with Crippen molar-refractivity contribution in [1.82, 2.24) is 0 Å². The minimum Gasteiger partial charge on any atom is -0.344 e. The molecule has 1 unspecified atom stereocenters. The van der Waals surface area contributed by atoms with Crippen LogP contribution < -0.4 is 4.90 Å². The summed E-state index contributed by atoms with van der Waals surface area (Å²) in [5.74, 6) is 0.142. The number of anilines is 3. The maximum atomic E-state index is 4.39. The first-order valence-electron chi connectivity index (χ1n) is 16.4. The van der Waals surface area contributed by atoms with E-state index in [4.69, 9.17) is 0 Å². The highest BCUT2D eigenvalue weighted by Gasteiger charge is 2.19.